The van der Waals surface area contributed by atoms with Crippen molar-refractivity contribution < 1.29 is 18.0 Å². The Kier molecular flexibility index (Phi) is 4.92. The van der Waals surface area contributed by atoms with Gasteiger partial charge in [-0.1, -0.05) is 13.0 Å². The molecule has 1 fully saturated rings. The third kappa shape index (κ3) is 3.63. The van der Waals surface area contributed by atoms with Crippen LogP contribution in [-0.4, -0.2) is 28.9 Å². The maximum Gasteiger partial charge on any atom is 0.223 e. The van der Waals surface area contributed by atoms with Gasteiger partial charge in [0.05, 0.1) is 11.8 Å². The van der Waals surface area contributed by atoms with Gasteiger partial charge < -0.3 is 9.32 Å². The molecular formula is C18H20F2N2O2. The number of hydrogen-bond donors (Lipinski definition) is 0. The average molecular weight is 334 g/mol. The van der Waals surface area contributed by atoms with Crippen molar-refractivity contribution in [3.05, 3.63) is 41.9 Å². The molecule has 1 aliphatic heterocycles. The van der Waals surface area contributed by atoms with E-state index in [1.54, 1.807) is 0 Å². The molecule has 0 bridgehead atoms. The number of oxazole rings is 1. The van der Waals surface area contributed by atoms with Crippen molar-refractivity contribution in [3.8, 4) is 11.3 Å². The number of amides is 1. The first-order valence-electron chi connectivity index (χ1n) is 8.21. The Bertz CT molecular complexity index is 701. The Balaban J connectivity index is 1.61. The van der Waals surface area contributed by atoms with Gasteiger partial charge in [0.15, 0.2) is 11.7 Å². The molecular weight excluding hydrogens is 314 g/mol. The Morgan fingerprint density at radius 1 is 1.29 bits per heavy atom. The minimum Gasteiger partial charge on any atom is -0.441 e. The minimum atomic E-state index is -0.698. The van der Waals surface area contributed by atoms with Crippen molar-refractivity contribution in [1.29, 1.82) is 0 Å². The van der Waals surface area contributed by atoms with Crippen LogP contribution >= 0.6 is 0 Å². The van der Waals surface area contributed by atoms with Crippen LogP contribution in [0, 0.1) is 17.6 Å². The molecule has 0 radical (unpaired) electrons. The summed E-state index contributed by atoms with van der Waals surface area (Å²) in [6.07, 6.45) is 3.96. The fourth-order valence-corrected chi connectivity index (χ4v) is 2.90. The first-order valence-corrected chi connectivity index (χ1v) is 8.21. The highest BCUT2D eigenvalue weighted by molar-refractivity contribution is 5.76. The van der Waals surface area contributed by atoms with Crippen LogP contribution in [0.3, 0.4) is 0 Å². The Morgan fingerprint density at radius 2 is 1.96 bits per heavy atom. The number of likely N-dealkylation sites (tertiary alicyclic amines) is 1. The number of halogens is 2. The van der Waals surface area contributed by atoms with E-state index in [1.165, 1.54) is 24.4 Å². The van der Waals surface area contributed by atoms with Gasteiger partial charge in [-0.25, -0.2) is 13.8 Å². The van der Waals surface area contributed by atoms with Crippen molar-refractivity contribution in [2.45, 2.75) is 32.6 Å². The fraction of sp³-hybridized carbons (Fsp3) is 0.444. The van der Waals surface area contributed by atoms with Gasteiger partial charge in [-0.15, -0.1) is 0 Å². The molecule has 0 N–H and O–H groups in total. The van der Waals surface area contributed by atoms with Crippen LogP contribution < -0.4 is 0 Å². The number of hydrogen-bond acceptors (Lipinski definition) is 3. The van der Waals surface area contributed by atoms with Gasteiger partial charge in [0.2, 0.25) is 5.91 Å². The van der Waals surface area contributed by atoms with Gasteiger partial charge in [-0.2, -0.15) is 0 Å². The van der Waals surface area contributed by atoms with E-state index >= 15 is 0 Å². The van der Waals surface area contributed by atoms with Crippen LogP contribution in [-0.2, 0) is 11.2 Å². The molecule has 4 nitrogen and oxygen atoms in total. The molecule has 0 aliphatic carbocycles. The number of carbonyl (C=O) groups excluding carboxylic acids is 1. The molecule has 1 aromatic heterocycles. The molecule has 0 atom stereocenters. The number of rotatable bonds is 4. The summed E-state index contributed by atoms with van der Waals surface area (Å²) < 4.78 is 32.9. The second-order valence-corrected chi connectivity index (χ2v) is 6.28. The number of aromatic nitrogens is 1. The molecule has 1 saturated heterocycles. The van der Waals surface area contributed by atoms with E-state index in [-0.39, 0.29) is 23.7 Å². The summed E-state index contributed by atoms with van der Waals surface area (Å²) in [5, 5.41) is 0. The van der Waals surface area contributed by atoms with Crippen molar-refractivity contribution in [3.63, 3.8) is 0 Å². The maximum absolute atomic E-state index is 13.7. The van der Waals surface area contributed by atoms with Gasteiger partial charge in [-0.3, -0.25) is 4.79 Å². The van der Waals surface area contributed by atoms with Gasteiger partial charge in [0, 0.05) is 25.9 Å². The van der Waals surface area contributed by atoms with Crippen LogP contribution in [0.5, 0.6) is 0 Å². The molecule has 1 aliphatic rings. The fourth-order valence-electron chi connectivity index (χ4n) is 2.90. The smallest absolute Gasteiger partial charge is 0.223 e. The predicted octanol–water partition coefficient (Wildman–Crippen LogP) is 3.81. The number of piperidine rings is 1. The van der Waals surface area contributed by atoms with Crippen molar-refractivity contribution in [2.75, 3.05) is 13.1 Å². The summed E-state index contributed by atoms with van der Waals surface area (Å²) >= 11 is 0. The van der Waals surface area contributed by atoms with Gasteiger partial charge >= 0.3 is 0 Å². The normalized spacial score (nSPS) is 15.7. The molecule has 0 spiro atoms. The van der Waals surface area contributed by atoms with E-state index in [0.717, 1.165) is 25.9 Å². The van der Waals surface area contributed by atoms with Crippen LogP contribution in [0.1, 0.15) is 32.1 Å². The number of nitrogens with zero attached hydrogens (tertiary/aromatic N) is 2. The molecule has 3 rings (SSSR count). The van der Waals surface area contributed by atoms with Crippen LogP contribution in [0.2, 0.25) is 0 Å². The Labute approximate surface area is 139 Å². The zero-order chi connectivity index (χ0) is 17.1. The minimum absolute atomic E-state index is 0.0415. The van der Waals surface area contributed by atoms with E-state index in [9.17, 15) is 13.6 Å². The third-order valence-electron chi connectivity index (χ3n) is 4.45. The molecule has 128 valence electrons. The summed E-state index contributed by atoms with van der Waals surface area (Å²) in [7, 11) is 0. The van der Waals surface area contributed by atoms with Crippen molar-refractivity contribution in [2.24, 2.45) is 5.92 Å². The summed E-state index contributed by atoms with van der Waals surface area (Å²) in [5.74, 6) is -0.309. The molecule has 2 heterocycles. The highest BCUT2D eigenvalue weighted by atomic mass is 19.1. The predicted molar refractivity (Wildman–Crippen MR) is 85.2 cm³/mol. The van der Waals surface area contributed by atoms with Crippen LogP contribution in [0.15, 0.2) is 28.8 Å². The number of carbonyl (C=O) groups is 1. The lowest BCUT2D eigenvalue weighted by Gasteiger charge is -2.30. The van der Waals surface area contributed by atoms with Crippen molar-refractivity contribution in [1.82, 2.24) is 9.88 Å². The van der Waals surface area contributed by atoms with E-state index < -0.39 is 11.6 Å². The number of benzene rings is 1. The van der Waals surface area contributed by atoms with E-state index in [0.29, 0.717) is 18.2 Å². The Hall–Kier alpha value is -2.24. The van der Waals surface area contributed by atoms with Crippen LogP contribution in [0.4, 0.5) is 8.78 Å². The van der Waals surface area contributed by atoms with Crippen LogP contribution in [0.25, 0.3) is 11.3 Å². The quantitative estimate of drug-likeness (QED) is 0.854. The zero-order valence-electron chi connectivity index (χ0n) is 13.6. The van der Waals surface area contributed by atoms with E-state index in [1.807, 2.05) is 4.90 Å². The first kappa shape index (κ1) is 16.6. The monoisotopic (exact) mass is 334 g/mol. The topological polar surface area (TPSA) is 46.3 Å². The SMILES string of the molecule is CC1CCN(C(=O)CCc2ncc(-c3c(F)cccc3F)o2)CC1. The van der Waals surface area contributed by atoms with Gasteiger partial charge in [0.25, 0.3) is 0 Å². The summed E-state index contributed by atoms with van der Waals surface area (Å²) in [6, 6.07) is 3.63. The standard InChI is InChI=1S/C18H20F2N2O2/c1-12-7-9-22(10-8-12)17(23)6-5-16-21-11-15(24-16)18-13(19)3-2-4-14(18)20/h2-4,11-12H,5-10H2,1H3. The molecule has 1 amide bonds. The second kappa shape index (κ2) is 7.11. The Morgan fingerprint density at radius 3 is 2.62 bits per heavy atom. The third-order valence-corrected chi connectivity index (χ3v) is 4.45. The maximum atomic E-state index is 13.7. The first-order chi connectivity index (χ1) is 11.5. The molecule has 6 heteroatoms. The summed E-state index contributed by atoms with van der Waals surface area (Å²) in [5.41, 5.74) is -0.229. The lowest BCUT2D eigenvalue weighted by molar-refractivity contribution is -0.132. The van der Waals surface area contributed by atoms with Crippen molar-refractivity contribution >= 4 is 5.91 Å². The number of aryl methyl sites for hydroxylation is 1. The lowest BCUT2D eigenvalue weighted by atomic mass is 9.99. The summed E-state index contributed by atoms with van der Waals surface area (Å²) in [4.78, 5) is 18.1. The summed E-state index contributed by atoms with van der Waals surface area (Å²) in [6.45, 7) is 3.77. The lowest BCUT2D eigenvalue weighted by Crippen LogP contribution is -2.38. The van der Waals surface area contributed by atoms with Gasteiger partial charge in [-0.05, 0) is 30.9 Å². The largest absolute Gasteiger partial charge is 0.441 e. The highest BCUT2D eigenvalue weighted by Crippen LogP contribution is 2.27. The zero-order valence-corrected chi connectivity index (χ0v) is 13.6. The van der Waals surface area contributed by atoms with E-state index in [4.69, 9.17) is 4.42 Å². The molecule has 24 heavy (non-hydrogen) atoms. The molecule has 1 aromatic carbocycles. The van der Waals surface area contributed by atoms with Gasteiger partial charge in [0.1, 0.15) is 11.6 Å². The van der Waals surface area contributed by atoms with E-state index in [2.05, 4.69) is 11.9 Å². The molecule has 0 unspecified atom stereocenters. The molecule has 2 aromatic rings. The average Bonchev–Trinajstić information content (AvgIpc) is 3.02. The highest BCUT2D eigenvalue weighted by Gasteiger charge is 2.21. The second-order valence-electron chi connectivity index (χ2n) is 6.28. The molecule has 0 saturated carbocycles.